The summed E-state index contributed by atoms with van der Waals surface area (Å²) in [5, 5.41) is 0. The van der Waals surface area contributed by atoms with Gasteiger partial charge >= 0.3 is 0 Å². The Morgan fingerprint density at radius 1 is 1.27 bits per heavy atom. The third kappa shape index (κ3) is 4.21. The smallest absolute Gasteiger partial charge is 0.227 e. The summed E-state index contributed by atoms with van der Waals surface area (Å²) in [5.41, 5.74) is 0.816. The van der Waals surface area contributed by atoms with Crippen LogP contribution in [0.1, 0.15) is 24.3 Å². The number of methoxy groups -OCH3 is 1. The molecule has 1 aromatic heterocycles. The molecule has 9 heteroatoms. The maximum absolute atomic E-state index is 13.5. The lowest BCUT2D eigenvalue weighted by atomic mass is 9.95. The number of oxazole rings is 1. The molecule has 2 aromatic rings. The van der Waals surface area contributed by atoms with Crippen molar-refractivity contribution in [3.05, 3.63) is 41.3 Å². The highest BCUT2D eigenvalue weighted by Crippen LogP contribution is 2.29. The van der Waals surface area contributed by atoms with Gasteiger partial charge < -0.3 is 19.0 Å². The molecule has 0 N–H and O–H groups in total. The van der Waals surface area contributed by atoms with Crippen LogP contribution in [0.3, 0.4) is 0 Å². The molecule has 2 aliphatic heterocycles. The minimum atomic E-state index is -0.706. The molecule has 2 aliphatic rings. The lowest BCUT2D eigenvalue weighted by Gasteiger charge is -2.35. The molecular formula is C21H23F2N3O4. The van der Waals surface area contributed by atoms with Gasteiger partial charge in [-0.05, 0) is 18.6 Å². The van der Waals surface area contributed by atoms with Crippen molar-refractivity contribution >= 4 is 11.8 Å². The summed E-state index contributed by atoms with van der Waals surface area (Å²) >= 11 is 0. The first-order chi connectivity index (χ1) is 14.4. The van der Waals surface area contributed by atoms with E-state index in [-0.39, 0.29) is 35.7 Å². The minimum absolute atomic E-state index is 0.0167. The van der Waals surface area contributed by atoms with E-state index in [2.05, 4.69) is 4.98 Å². The number of piperidine rings is 1. The number of halogens is 2. The van der Waals surface area contributed by atoms with E-state index >= 15 is 0 Å². The van der Waals surface area contributed by atoms with E-state index in [4.69, 9.17) is 9.15 Å². The SMILES string of the molecule is COCCN1CC(C(=O)N2CCc3oc(-c4cc(F)cc(F)c4)nc3C2)CCC1=O. The molecular weight excluding hydrogens is 396 g/mol. The van der Waals surface area contributed by atoms with E-state index in [9.17, 15) is 18.4 Å². The Balaban J connectivity index is 1.45. The predicted octanol–water partition coefficient (Wildman–Crippen LogP) is 2.39. The van der Waals surface area contributed by atoms with Crippen molar-refractivity contribution in [3.63, 3.8) is 0 Å². The van der Waals surface area contributed by atoms with E-state index in [0.29, 0.717) is 57.0 Å². The van der Waals surface area contributed by atoms with Gasteiger partial charge in [-0.25, -0.2) is 13.8 Å². The standard InChI is InChI=1S/C21H23F2N3O4/c1-29-7-6-25-11-13(2-3-19(25)27)21(28)26-5-4-18-17(12-26)24-20(30-18)14-8-15(22)10-16(23)9-14/h8-10,13H,2-7,11-12H2,1H3. The molecule has 0 spiro atoms. The molecule has 3 heterocycles. The van der Waals surface area contributed by atoms with Crippen LogP contribution in [-0.4, -0.2) is 59.9 Å². The van der Waals surface area contributed by atoms with Crippen molar-refractivity contribution in [2.75, 3.05) is 33.4 Å². The van der Waals surface area contributed by atoms with Gasteiger partial charge in [0.05, 0.1) is 19.1 Å². The number of amides is 2. The average Bonchev–Trinajstić information content (AvgIpc) is 3.15. The molecule has 160 valence electrons. The third-order valence-electron chi connectivity index (χ3n) is 5.56. The van der Waals surface area contributed by atoms with Crippen LogP contribution in [0.25, 0.3) is 11.5 Å². The van der Waals surface area contributed by atoms with Crippen molar-refractivity contribution in [3.8, 4) is 11.5 Å². The maximum Gasteiger partial charge on any atom is 0.227 e. The summed E-state index contributed by atoms with van der Waals surface area (Å²) in [6.07, 6.45) is 1.35. The largest absolute Gasteiger partial charge is 0.441 e. The van der Waals surface area contributed by atoms with Crippen molar-refractivity contribution in [2.45, 2.75) is 25.8 Å². The molecule has 1 saturated heterocycles. The van der Waals surface area contributed by atoms with Gasteiger partial charge in [-0.2, -0.15) is 0 Å². The topological polar surface area (TPSA) is 75.9 Å². The van der Waals surface area contributed by atoms with E-state index in [1.165, 1.54) is 0 Å². The monoisotopic (exact) mass is 419 g/mol. The Hall–Kier alpha value is -2.81. The Kier molecular flexibility index (Phi) is 5.80. The van der Waals surface area contributed by atoms with Crippen molar-refractivity contribution in [2.24, 2.45) is 5.92 Å². The Morgan fingerprint density at radius 3 is 2.77 bits per heavy atom. The molecule has 1 atom stereocenters. The third-order valence-corrected chi connectivity index (χ3v) is 5.56. The normalized spacial score (nSPS) is 19.2. The summed E-state index contributed by atoms with van der Waals surface area (Å²) in [5.74, 6) is -0.881. The number of fused-ring (bicyclic) bond motifs is 1. The average molecular weight is 419 g/mol. The maximum atomic E-state index is 13.5. The van der Waals surface area contributed by atoms with Crippen LogP contribution in [0.15, 0.2) is 22.6 Å². The van der Waals surface area contributed by atoms with Gasteiger partial charge in [-0.1, -0.05) is 0 Å². The number of nitrogens with zero attached hydrogens (tertiary/aromatic N) is 3. The zero-order chi connectivity index (χ0) is 21.3. The van der Waals surface area contributed by atoms with Crippen LogP contribution in [0.5, 0.6) is 0 Å². The Morgan fingerprint density at radius 2 is 2.03 bits per heavy atom. The molecule has 1 aromatic carbocycles. The lowest BCUT2D eigenvalue weighted by Crippen LogP contribution is -2.48. The van der Waals surface area contributed by atoms with Crippen molar-refractivity contribution < 1.29 is 27.5 Å². The molecule has 0 bridgehead atoms. The van der Waals surface area contributed by atoms with E-state index in [1.54, 1.807) is 16.9 Å². The second kappa shape index (κ2) is 8.51. The van der Waals surface area contributed by atoms with Gasteiger partial charge in [0, 0.05) is 51.2 Å². The van der Waals surface area contributed by atoms with Crippen LogP contribution in [0.4, 0.5) is 8.78 Å². The highest BCUT2D eigenvalue weighted by atomic mass is 19.1. The summed E-state index contributed by atoms with van der Waals surface area (Å²) < 4.78 is 37.8. The molecule has 2 amide bonds. The fourth-order valence-electron chi connectivity index (χ4n) is 3.98. The number of carbonyl (C=O) groups is 2. The fraction of sp³-hybridized carbons (Fsp3) is 0.476. The molecule has 0 saturated carbocycles. The van der Waals surface area contributed by atoms with Crippen molar-refractivity contribution in [1.82, 2.24) is 14.8 Å². The molecule has 0 radical (unpaired) electrons. The van der Waals surface area contributed by atoms with Crippen LogP contribution < -0.4 is 0 Å². The first-order valence-corrected chi connectivity index (χ1v) is 9.95. The quantitative estimate of drug-likeness (QED) is 0.744. The van der Waals surface area contributed by atoms with Gasteiger partial charge in [-0.3, -0.25) is 9.59 Å². The van der Waals surface area contributed by atoms with Gasteiger partial charge in [0.25, 0.3) is 0 Å². The van der Waals surface area contributed by atoms with Gasteiger partial charge in [0.1, 0.15) is 23.1 Å². The molecule has 1 fully saturated rings. The number of hydrogen-bond acceptors (Lipinski definition) is 5. The van der Waals surface area contributed by atoms with E-state index in [0.717, 1.165) is 18.2 Å². The molecule has 4 rings (SSSR count). The second-order valence-corrected chi connectivity index (χ2v) is 7.62. The number of benzene rings is 1. The van der Waals surface area contributed by atoms with Gasteiger partial charge in [0.2, 0.25) is 17.7 Å². The zero-order valence-electron chi connectivity index (χ0n) is 16.7. The molecule has 30 heavy (non-hydrogen) atoms. The summed E-state index contributed by atoms with van der Waals surface area (Å²) in [7, 11) is 1.58. The van der Waals surface area contributed by atoms with Crippen LogP contribution in [-0.2, 0) is 27.3 Å². The van der Waals surface area contributed by atoms with E-state index < -0.39 is 11.6 Å². The molecule has 7 nitrogen and oxygen atoms in total. The van der Waals surface area contributed by atoms with Gasteiger partial charge in [0.15, 0.2) is 0 Å². The Bertz CT molecular complexity index is 941. The number of aromatic nitrogens is 1. The summed E-state index contributed by atoms with van der Waals surface area (Å²) in [6, 6.07) is 3.12. The molecule has 0 aliphatic carbocycles. The lowest BCUT2D eigenvalue weighted by molar-refractivity contribution is -0.144. The number of hydrogen-bond donors (Lipinski definition) is 0. The predicted molar refractivity (Wildman–Crippen MR) is 102 cm³/mol. The Labute approximate surface area is 172 Å². The number of carbonyl (C=O) groups excluding carboxylic acids is 2. The highest BCUT2D eigenvalue weighted by molar-refractivity contribution is 5.84. The number of ether oxygens (including phenoxy) is 1. The van der Waals surface area contributed by atoms with Crippen LogP contribution in [0, 0.1) is 17.6 Å². The highest BCUT2D eigenvalue weighted by Gasteiger charge is 2.35. The van der Waals surface area contributed by atoms with Gasteiger partial charge in [-0.15, -0.1) is 0 Å². The molecule has 1 unspecified atom stereocenters. The second-order valence-electron chi connectivity index (χ2n) is 7.62. The number of rotatable bonds is 5. The van der Waals surface area contributed by atoms with Crippen LogP contribution >= 0.6 is 0 Å². The van der Waals surface area contributed by atoms with E-state index in [1.807, 2.05) is 0 Å². The fourth-order valence-corrected chi connectivity index (χ4v) is 3.98. The van der Waals surface area contributed by atoms with Crippen molar-refractivity contribution in [1.29, 1.82) is 0 Å². The summed E-state index contributed by atoms with van der Waals surface area (Å²) in [4.78, 5) is 32.9. The minimum Gasteiger partial charge on any atom is -0.441 e. The summed E-state index contributed by atoms with van der Waals surface area (Å²) in [6.45, 7) is 2.04. The first-order valence-electron chi connectivity index (χ1n) is 9.95. The number of likely N-dealkylation sites (tertiary alicyclic amines) is 1. The van der Waals surface area contributed by atoms with Crippen LogP contribution in [0.2, 0.25) is 0 Å². The zero-order valence-corrected chi connectivity index (χ0v) is 16.7. The first kappa shape index (κ1) is 20.5.